The van der Waals surface area contributed by atoms with Crippen LogP contribution in [0.1, 0.15) is 6.92 Å². The Morgan fingerprint density at radius 3 is 2.86 bits per heavy atom. The Balaban J connectivity index is 0.00000161. The Morgan fingerprint density at radius 1 is 1.38 bits per heavy atom. The molecule has 0 saturated carbocycles. The largest absolute Gasteiger partial charge is 0.380 e. The van der Waals surface area contributed by atoms with Crippen molar-refractivity contribution in [2.45, 2.75) is 20.0 Å². The average molecular weight is 311 g/mol. The lowest BCUT2D eigenvalue weighted by atomic mass is 10.2. The fourth-order valence-corrected chi connectivity index (χ4v) is 2.69. The maximum absolute atomic E-state index is 12.5. The van der Waals surface area contributed by atoms with Gasteiger partial charge in [-0.05, 0) is 19.1 Å². The molecule has 0 spiro atoms. The van der Waals surface area contributed by atoms with E-state index in [1.807, 2.05) is 37.1 Å². The molecule has 1 N–H and O–H groups in total. The highest BCUT2D eigenvalue weighted by atomic mass is 35.5. The van der Waals surface area contributed by atoms with Crippen molar-refractivity contribution in [2.24, 2.45) is 0 Å². The molecule has 21 heavy (non-hydrogen) atoms. The van der Waals surface area contributed by atoms with E-state index in [0.717, 1.165) is 16.7 Å². The normalized spacial score (nSPS) is 13.6. The predicted octanol–water partition coefficient (Wildman–Crippen LogP) is 1.69. The number of imidazole rings is 1. The molecule has 1 aliphatic rings. The van der Waals surface area contributed by atoms with Crippen molar-refractivity contribution < 1.29 is 4.74 Å². The molecular formula is C14H19ClN4O2. The molecule has 2 aromatic rings. The molecule has 7 heteroatoms. The number of aromatic nitrogens is 2. The number of anilines is 1. The molecule has 2 heterocycles. The summed E-state index contributed by atoms with van der Waals surface area (Å²) in [4.78, 5) is 14.3. The zero-order chi connectivity index (χ0) is 14.3. The number of para-hydroxylation sites is 1. The van der Waals surface area contributed by atoms with Gasteiger partial charge in [0.25, 0.3) is 0 Å². The number of nitrogens with one attached hydrogen (secondary N) is 1. The Bertz CT molecular complexity index is 734. The molecule has 1 aromatic heterocycles. The summed E-state index contributed by atoms with van der Waals surface area (Å²) >= 11 is 0. The van der Waals surface area contributed by atoms with Gasteiger partial charge in [0.2, 0.25) is 0 Å². The van der Waals surface area contributed by atoms with E-state index < -0.39 is 0 Å². The van der Waals surface area contributed by atoms with E-state index in [1.165, 1.54) is 0 Å². The molecule has 0 atom stereocenters. The van der Waals surface area contributed by atoms with E-state index in [9.17, 15) is 4.79 Å². The number of benzene rings is 1. The van der Waals surface area contributed by atoms with Gasteiger partial charge in [-0.25, -0.2) is 4.79 Å². The van der Waals surface area contributed by atoms with Crippen LogP contribution in [0, 0.1) is 5.41 Å². The number of ether oxygens (including phenoxy) is 1. The SMILES string of the molecule is CCOCCn1c(=O)n2c3c(cccc31)N(C)C(=N)C2.Cl. The van der Waals surface area contributed by atoms with E-state index in [1.54, 1.807) is 9.13 Å². The number of hydrogen-bond acceptors (Lipinski definition) is 3. The lowest BCUT2D eigenvalue weighted by Crippen LogP contribution is -2.37. The third-order valence-corrected chi connectivity index (χ3v) is 3.75. The molecule has 0 saturated heterocycles. The second-order valence-corrected chi connectivity index (χ2v) is 4.87. The van der Waals surface area contributed by atoms with Gasteiger partial charge in [-0.3, -0.25) is 14.5 Å². The van der Waals surface area contributed by atoms with Gasteiger partial charge in [0, 0.05) is 13.7 Å². The van der Waals surface area contributed by atoms with E-state index in [4.69, 9.17) is 10.1 Å². The molecule has 3 rings (SSSR count). The third kappa shape index (κ3) is 2.34. The predicted molar refractivity (Wildman–Crippen MR) is 86.1 cm³/mol. The van der Waals surface area contributed by atoms with Crippen molar-refractivity contribution in [2.75, 3.05) is 25.2 Å². The lowest BCUT2D eigenvalue weighted by molar-refractivity contribution is 0.139. The highest BCUT2D eigenvalue weighted by molar-refractivity contribution is 6.05. The molecular weight excluding hydrogens is 292 g/mol. The van der Waals surface area contributed by atoms with E-state index in [-0.39, 0.29) is 18.1 Å². The van der Waals surface area contributed by atoms with Gasteiger partial charge < -0.3 is 9.64 Å². The number of nitrogens with zero attached hydrogens (tertiary/aromatic N) is 3. The first-order chi connectivity index (χ1) is 9.65. The van der Waals surface area contributed by atoms with Gasteiger partial charge in [-0.1, -0.05) is 6.07 Å². The van der Waals surface area contributed by atoms with Crippen LogP contribution < -0.4 is 10.6 Å². The summed E-state index contributed by atoms with van der Waals surface area (Å²) < 4.78 is 8.77. The van der Waals surface area contributed by atoms with Crippen LogP contribution in [0.3, 0.4) is 0 Å². The number of halogens is 1. The summed E-state index contributed by atoms with van der Waals surface area (Å²) in [5.41, 5.74) is 2.66. The lowest BCUT2D eigenvalue weighted by Gasteiger charge is -2.26. The van der Waals surface area contributed by atoms with E-state index >= 15 is 0 Å². The Labute approximate surface area is 128 Å². The fraction of sp³-hybridized carbons (Fsp3) is 0.429. The standard InChI is InChI=1S/C14H18N4O2.ClH/c1-3-20-8-7-17-11-6-4-5-10-13(11)18(14(17)19)9-12(15)16(10)2;/h4-6,15H,3,7-9H2,1-2H3;1H. The molecule has 0 aliphatic carbocycles. The van der Waals surface area contributed by atoms with Gasteiger partial charge in [0.05, 0.1) is 36.4 Å². The van der Waals surface area contributed by atoms with Crippen molar-refractivity contribution in [3.8, 4) is 0 Å². The van der Waals surface area contributed by atoms with Crippen LogP contribution in [0.25, 0.3) is 11.0 Å². The Morgan fingerprint density at radius 2 is 2.14 bits per heavy atom. The van der Waals surface area contributed by atoms with Crippen LogP contribution in [0.4, 0.5) is 5.69 Å². The van der Waals surface area contributed by atoms with E-state index in [0.29, 0.717) is 32.1 Å². The van der Waals surface area contributed by atoms with Gasteiger partial charge in [-0.15, -0.1) is 12.4 Å². The molecule has 6 nitrogen and oxygen atoms in total. The minimum Gasteiger partial charge on any atom is -0.380 e. The second-order valence-electron chi connectivity index (χ2n) is 4.87. The summed E-state index contributed by atoms with van der Waals surface area (Å²) in [6, 6.07) is 5.82. The first kappa shape index (κ1) is 15.6. The van der Waals surface area contributed by atoms with Crippen molar-refractivity contribution >= 4 is 35.0 Å². The molecule has 0 bridgehead atoms. The number of rotatable bonds is 4. The van der Waals surface area contributed by atoms with Crippen LogP contribution in [-0.4, -0.2) is 35.2 Å². The molecule has 1 aliphatic heterocycles. The number of amidine groups is 1. The van der Waals surface area contributed by atoms with Crippen LogP contribution in [0.15, 0.2) is 23.0 Å². The number of likely N-dealkylation sites (N-methyl/N-ethyl adjacent to an activating group) is 1. The number of hydrogen-bond donors (Lipinski definition) is 1. The topological polar surface area (TPSA) is 63.2 Å². The summed E-state index contributed by atoms with van der Waals surface area (Å²) in [5.74, 6) is 0.426. The van der Waals surface area contributed by atoms with Crippen LogP contribution >= 0.6 is 12.4 Å². The first-order valence-corrected chi connectivity index (χ1v) is 6.76. The van der Waals surface area contributed by atoms with Gasteiger partial charge in [0.1, 0.15) is 5.84 Å². The van der Waals surface area contributed by atoms with Crippen molar-refractivity contribution in [1.82, 2.24) is 9.13 Å². The van der Waals surface area contributed by atoms with Crippen molar-refractivity contribution in [3.05, 3.63) is 28.7 Å². The molecule has 1 aromatic carbocycles. The summed E-state index contributed by atoms with van der Waals surface area (Å²) in [7, 11) is 1.86. The van der Waals surface area contributed by atoms with Crippen molar-refractivity contribution in [3.63, 3.8) is 0 Å². The first-order valence-electron chi connectivity index (χ1n) is 6.76. The monoisotopic (exact) mass is 310 g/mol. The van der Waals surface area contributed by atoms with Gasteiger partial charge >= 0.3 is 5.69 Å². The Hall–Kier alpha value is -1.79. The van der Waals surface area contributed by atoms with Gasteiger partial charge in [-0.2, -0.15) is 0 Å². The second kappa shape index (κ2) is 5.91. The summed E-state index contributed by atoms with van der Waals surface area (Å²) in [5, 5.41) is 7.99. The average Bonchev–Trinajstić information content (AvgIpc) is 2.71. The fourth-order valence-electron chi connectivity index (χ4n) is 2.69. The zero-order valence-corrected chi connectivity index (χ0v) is 12.9. The molecule has 0 radical (unpaired) electrons. The van der Waals surface area contributed by atoms with Crippen molar-refractivity contribution in [1.29, 1.82) is 5.41 Å². The maximum Gasteiger partial charge on any atom is 0.329 e. The minimum atomic E-state index is -0.0648. The third-order valence-electron chi connectivity index (χ3n) is 3.75. The Kier molecular flexibility index (Phi) is 4.39. The molecule has 0 fully saturated rings. The summed E-state index contributed by atoms with van der Waals surface area (Å²) in [6.07, 6.45) is 0. The maximum atomic E-state index is 12.5. The van der Waals surface area contributed by atoms with Crippen LogP contribution in [0.2, 0.25) is 0 Å². The van der Waals surface area contributed by atoms with Crippen LogP contribution in [-0.2, 0) is 17.8 Å². The summed E-state index contributed by atoms with van der Waals surface area (Å²) in [6.45, 7) is 3.97. The van der Waals surface area contributed by atoms with Gasteiger partial charge in [0.15, 0.2) is 0 Å². The quantitative estimate of drug-likeness (QED) is 0.874. The highest BCUT2D eigenvalue weighted by Gasteiger charge is 2.24. The molecule has 0 amide bonds. The van der Waals surface area contributed by atoms with E-state index in [2.05, 4.69) is 0 Å². The zero-order valence-electron chi connectivity index (χ0n) is 12.1. The highest BCUT2D eigenvalue weighted by Crippen LogP contribution is 2.29. The smallest absolute Gasteiger partial charge is 0.329 e. The minimum absolute atomic E-state index is 0. The van der Waals surface area contributed by atoms with Crippen LogP contribution in [0.5, 0.6) is 0 Å². The molecule has 114 valence electrons. The molecule has 0 unspecified atom stereocenters.